The second kappa shape index (κ2) is 10.8. The van der Waals surface area contributed by atoms with E-state index in [2.05, 4.69) is 36.0 Å². The molecule has 0 saturated heterocycles. The second-order valence-electron chi connectivity index (χ2n) is 5.86. The third-order valence-corrected chi connectivity index (χ3v) is 3.97. The van der Waals surface area contributed by atoms with Crippen molar-refractivity contribution in [1.29, 1.82) is 0 Å². The Morgan fingerprint density at radius 3 is 2.54 bits per heavy atom. The quantitative estimate of drug-likeness (QED) is 0.504. The van der Waals surface area contributed by atoms with Crippen molar-refractivity contribution in [3.63, 3.8) is 0 Å². The first kappa shape index (κ1) is 20.1. The number of nitrogens with two attached hydrogens (primary N) is 1. The largest absolute Gasteiger partial charge is 0.493 e. The molecule has 0 saturated carbocycles. The molecule has 0 unspecified atom stereocenters. The molecule has 6 heteroatoms. The molecular formula is C18H32N4O2. The Hall–Kier alpha value is -1.95. The van der Waals surface area contributed by atoms with E-state index in [0.29, 0.717) is 18.5 Å². The zero-order chi connectivity index (χ0) is 17.9. The fourth-order valence-electron chi connectivity index (χ4n) is 2.51. The second-order valence-corrected chi connectivity index (χ2v) is 5.86. The summed E-state index contributed by atoms with van der Waals surface area (Å²) in [4.78, 5) is 6.75. The Morgan fingerprint density at radius 1 is 1.25 bits per heavy atom. The summed E-state index contributed by atoms with van der Waals surface area (Å²) >= 11 is 0. The number of aliphatic imine (C=N–C) groups is 1. The molecule has 1 aromatic carbocycles. The average molecular weight is 336 g/mol. The van der Waals surface area contributed by atoms with Crippen molar-refractivity contribution in [1.82, 2.24) is 10.2 Å². The van der Waals surface area contributed by atoms with Gasteiger partial charge in [0, 0.05) is 19.1 Å². The van der Waals surface area contributed by atoms with E-state index in [1.807, 2.05) is 18.2 Å². The molecule has 0 aliphatic carbocycles. The highest BCUT2D eigenvalue weighted by molar-refractivity contribution is 5.77. The third-order valence-electron chi connectivity index (χ3n) is 3.97. The maximum Gasteiger partial charge on any atom is 0.188 e. The minimum absolute atomic E-state index is 0.496. The predicted molar refractivity (Wildman–Crippen MR) is 100 cm³/mol. The number of likely N-dealkylation sites (N-methyl/N-ethyl adjacent to an activating group) is 1. The molecule has 136 valence electrons. The molecule has 0 atom stereocenters. The zero-order valence-corrected chi connectivity index (χ0v) is 15.6. The number of ether oxygens (including phenoxy) is 2. The van der Waals surface area contributed by atoms with Crippen LogP contribution in [0.2, 0.25) is 0 Å². The van der Waals surface area contributed by atoms with E-state index in [9.17, 15) is 0 Å². The molecule has 0 fully saturated rings. The van der Waals surface area contributed by atoms with Crippen LogP contribution in [0.3, 0.4) is 0 Å². The van der Waals surface area contributed by atoms with Crippen LogP contribution in [-0.2, 0) is 6.42 Å². The number of hydrogen-bond acceptors (Lipinski definition) is 4. The summed E-state index contributed by atoms with van der Waals surface area (Å²) < 4.78 is 10.6. The van der Waals surface area contributed by atoms with Crippen LogP contribution in [-0.4, -0.2) is 57.3 Å². The molecule has 0 aliphatic rings. The lowest BCUT2D eigenvalue weighted by atomic mass is 10.1. The molecule has 1 rings (SSSR count). The van der Waals surface area contributed by atoms with Crippen LogP contribution in [0, 0.1) is 0 Å². The van der Waals surface area contributed by atoms with Crippen molar-refractivity contribution in [3.05, 3.63) is 23.8 Å². The minimum Gasteiger partial charge on any atom is -0.493 e. The van der Waals surface area contributed by atoms with Crippen LogP contribution in [0.5, 0.6) is 11.5 Å². The summed E-state index contributed by atoms with van der Waals surface area (Å²) in [6, 6.07) is 6.45. The van der Waals surface area contributed by atoms with E-state index in [0.717, 1.165) is 43.1 Å². The predicted octanol–water partition coefficient (Wildman–Crippen LogP) is 1.88. The Morgan fingerprint density at radius 2 is 1.96 bits per heavy atom. The number of nitrogens with one attached hydrogen (secondary N) is 1. The first-order chi connectivity index (χ1) is 11.5. The van der Waals surface area contributed by atoms with Crippen molar-refractivity contribution >= 4 is 5.96 Å². The van der Waals surface area contributed by atoms with Gasteiger partial charge < -0.3 is 20.5 Å². The van der Waals surface area contributed by atoms with Crippen LogP contribution in [0.4, 0.5) is 0 Å². The van der Waals surface area contributed by atoms with Gasteiger partial charge >= 0.3 is 0 Å². The number of benzene rings is 1. The van der Waals surface area contributed by atoms with E-state index >= 15 is 0 Å². The lowest BCUT2D eigenvalue weighted by Gasteiger charge is -2.23. The SMILES string of the molecule is CCN(CCN=C(N)NCCc1ccc(OC)c(OC)c1)C(C)C. The summed E-state index contributed by atoms with van der Waals surface area (Å²) in [5.41, 5.74) is 7.08. The fourth-order valence-corrected chi connectivity index (χ4v) is 2.51. The molecule has 0 bridgehead atoms. The molecule has 0 radical (unpaired) electrons. The molecule has 24 heavy (non-hydrogen) atoms. The number of rotatable bonds is 10. The van der Waals surface area contributed by atoms with Gasteiger partial charge in [-0.2, -0.15) is 0 Å². The Bertz CT molecular complexity index is 518. The van der Waals surface area contributed by atoms with E-state index in [1.54, 1.807) is 14.2 Å². The van der Waals surface area contributed by atoms with Gasteiger partial charge in [-0.05, 0) is 44.5 Å². The normalized spacial score (nSPS) is 11.9. The maximum atomic E-state index is 5.92. The molecule has 0 spiro atoms. The first-order valence-electron chi connectivity index (χ1n) is 8.50. The molecular weight excluding hydrogens is 304 g/mol. The Labute approximate surface area is 146 Å². The number of nitrogens with zero attached hydrogens (tertiary/aromatic N) is 2. The average Bonchev–Trinajstić information content (AvgIpc) is 2.58. The van der Waals surface area contributed by atoms with Crippen molar-refractivity contribution in [2.45, 2.75) is 33.2 Å². The van der Waals surface area contributed by atoms with Crippen molar-refractivity contribution in [3.8, 4) is 11.5 Å². The van der Waals surface area contributed by atoms with E-state index in [4.69, 9.17) is 15.2 Å². The van der Waals surface area contributed by atoms with Crippen LogP contribution in [0.25, 0.3) is 0 Å². The van der Waals surface area contributed by atoms with Crippen LogP contribution in [0.1, 0.15) is 26.3 Å². The molecule has 0 amide bonds. The van der Waals surface area contributed by atoms with Gasteiger partial charge in [0.15, 0.2) is 17.5 Å². The highest BCUT2D eigenvalue weighted by atomic mass is 16.5. The lowest BCUT2D eigenvalue weighted by molar-refractivity contribution is 0.240. The standard InChI is InChI=1S/C18H32N4O2/c1-6-22(14(2)3)12-11-21-18(19)20-10-9-15-7-8-16(23-4)17(13-15)24-5/h7-8,13-14H,6,9-12H2,1-5H3,(H3,19,20,21). The monoisotopic (exact) mass is 336 g/mol. The van der Waals surface area contributed by atoms with Crippen molar-refractivity contribution in [2.75, 3.05) is 40.4 Å². The topological polar surface area (TPSA) is 72.1 Å². The van der Waals surface area contributed by atoms with Crippen molar-refractivity contribution < 1.29 is 9.47 Å². The number of guanidine groups is 1. The van der Waals surface area contributed by atoms with Crippen molar-refractivity contribution in [2.24, 2.45) is 10.7 Å². The number of hydrogen-bond donors (Lipinski definition) is 2. The minimum atomic E-state index is 0.496. The van der Waals surface area contributed by atoms with Gasteiger partial charge in [-0.25, -0.2) is 0 Å². The summed E-state index contributed by atoms with van der Waals surface area (Å²) in [5.74, 6) is 1.97. The summed E-state index contributed by atoms with van der Waals surface area (Å²) in [6.07, 6.45) is 0.837. The van der Waals surface area contributed by atoms with Gasteiger partial charge in [0.25, 0.3) is 0 Å². The van der Waals surface area contributed by atoms with Gasteiger partial charge in [-0.3, -0.25) is 9.89 Å². The molecule has 0 aromatic heterocycles. The van der Waals surface area contributed by atoms with Gasteiger partial charge in [0.1, 0.15) is 0 Å². The van der Waals surface area contributed by atoms with Gasteiger partial charge in [0.05, 0.1) is 20.8 Å². The van der Waals surface area contributed by atoms with Crippen LogP contribution >= 0.6 is 0 Å². The molecule has 0 aliphatic heterocycles. The van der Waals surface area contributed by atoms with Gasteiger partial charge in [0.2, 0.25) is 0 Å². The van der Waals surface area contributed by atoms with Crippen LogP contribution in [0.15, 0.2) is 23.2 Å². The van der Waals surface area contributed by atoms with E-state index in [1.165, 1.54) is 0 Å². The summed E-state index contributed by atoms with van der Waals surface area (Å²) in [7, 11) is 3.27. The molecule has 6 nitrogen and oxygen atoms in total. The lowest BCUT2D eigenvalue weighted by Crippen LogP contribution is -2.36. The highest BCUT2D eigenvalue weighted by Crippen LogP contribution is 2.27. The molecule has 1 aromatic rings. The molecule has 3 N–H and O–H groups in total. The smallest absolute Gasteiger partial charge is 0.188 e. The number of methoxy groups -OCH3 is 2. The Balaban J connectivity index is 2.39. The zero-order valence-electron chi connectivity index (χ0n) is 15.6. The first-order valence-corrected chi connectivity index (χ1v) is 8.50. The van der Waals surface area contributed by atoms with Gasteiger partial charge in [-0.15, -0.1) is 0 Å². The Kier molecular flexibility index (Phi) is 9.01. The van der Waals surface area contributed by atoms with E-state index in [-0.39, 0.29) is 0 Å². The van der Waals surface area contributed by atoms with E-state index < -0.39 is 0 Å². The highest BCUT2D eigenvalue weighted by Gasteiger charge is 2.06. The van der Waals surface area contributed by atoms with Crippen LogP contribution < -0.4 is 20.5 Å². The van der Waals surface area contributed by atoms with Gasteiger partial charge in [-0.1, -0.05) is 13.0 Å². The maximum absolute atomic E-state index is 5.92. The molecule has 0 heterocycles. The summed E-state index contributed by atoms with van der Waals surface area (Å²) in [6.45, 7) is 9.93. The fraction of sp³-hybridized carbons (Fsp3) is 0.611. The summed E-state index contributed by atoms with van der Waals surface area (Å²) in [5, 5.41) is 3.16. The third kappa shape index (κ3) is 6.66.